The molecule has 0 saturated heterocycles. The van der Waals surface area contributed by atoms with Gasteiger partial charge in [-0.15, -0.1) is 0 Å². The van der Waals surface area contributed by atoms with Gasteiger partial charge in [0.25, 0.3) is 11.8 Å². The van der Waals surface area contributed by atoms with Gasteiger partial charge >= 0.3 is 0 Å². The highest BCUT2D eigenvalue weighted by molar-refractivity contribution is 6.34. The van der Waals surface area contributed by atoms with E-state index in [1.165, 1.54) is 4.90 Å². The fourth-order valence-electron chi connectivity index (χ4n) is 3.11. The Morgan fingerprint density at radius 2 is 1.90 bits per heavy atom. The van der Waals surface area contributed by atoms with Crippen LogP contribution in [0.5, 0.6) is 5.75 Å². The first-order valence-electron chi connectivity index (χ1n) is 9.35. The number of nitrogens with zero attached hydrogens (tertiary/aromatic N) is 2. The van der Waals surface area contributed by atoms with Crippen LogP contribution in [0.3, 0.4) is 0 Å². The second-order valence-corrected chi connectivity index (χ2v) is 6.86. The van der Waals surface area contributed by atoms with Crippen molar-refractivity contribution in [2.45, 2.75) is 13.8 Å². The number of carbonyl (C=O) groups excluding carboxylic acids is 3. The maximum absolute atomic E-state index is 12.5. The summed E-state index contributed by atoms with van der Waals surface area (Å²) in [6, 6.07) is 11.7. The third kappa shape index (κ3) is 4.51. The van der Waals surface area contributed by atoms with Crippen molar-refractivity contribution in [3.8, 4) is 5.75 Å². The van der Waals surface area contributed by atoms with Gasteiger partial charge in [-0.2, -0.15) is 0 Å². The number of halogens is 1. The summed E-state index contributed by atoms with van der Waals surface area (Å²) >= 11 is 6.08. The van der Waals surface area contributed by atoms with Crippen LogP contribution in [0, 0.1) is 0 Å². The van der Waals surface area contributed by atoms with Gasteiger partial charge in [0.15, 0.2) is 6.61 Å². The van der Waals surface area contributed by atoms with Crippen molar-refractivity contribution >= 4 is 40.7 Å². The number of rotatable bonds is 6. The van der Waals surface area contributed by atoms with E-state index in [2.05, 4.69) is 5.32 Å². The molecule has 2 aromatic rings. The molecule has 0 spiro atoms. The molecule has 152 valence electrons. The number of anilines is 2. The monoisotopic (exact) mass is 415 g/mol. The number of ether oxygens (including phenoxy) is 1. The normalized spacial score (nSPS) is 12.8. The Labute approximate surface area is 174 Å². The highest BCUT2D eigenvalue weighted by atomic mass is 35.5. The van der Waals surface area contributed by atoms with Crippen molar-refractivity contribution in [3.63, 3.8) is 0 Å². The topological polar surface area (TPSA) is 79.0 Å². The minimum absolute atomic E-state index is 0.0845. The second-order valence-electron chi connectivity index (χ2n) is 6.45. The maximum atomic E-state index is 12.5. The minimum Gasteiger partial charge on any atom is -0.482 e. The maximum Gasteiger partial charge on any atom is 0.265 e. The molecule has 0 fully saturated rings. The summed E-state index contributed by atoms with van der Waals surface area (Å²) in [6.45, 7) is 4.68. The van der Waals surface area contributed by atoms with Crippen LogP contribution >= 0.6 is 11.6 Å². The predicted molar refractivity (Wildman–Crippen MR) is 112 cm³/mol. The molecular formula is C21H22ClN3O4. The lowest BCUT2D eigenvalue weighted by Gasteiger charge is -2.31. The van der Waals surface area contributed by atoms with E-state index in [-0.39, 0.29) is 30.9 Å². The summed E-state index contributed by atoms with van der Waals surface area (Å²) in [7, 11) is 0. The summed E-state index contributed by atoms with van der Waals surface area (Å²) in [5, 5.41) is 3.11. The van der Waals surface area contributed by atoms with E-state index in [1.54, 1.807) is 47.4 Å². The molecule has 3 amide bonds. The molecule has 0 bridgehead atoms. The number of carbonyl (C=O) groups is 3. The Bertz CT molecular complexity index is 943. The Hall–Kier alpha value is -3.06. The lowest BCUT2D eigenvalue weighted by Crippen LogP contribution is -2.46. The number of hydrogen-bond donors (Lipinski definition) is 1. The Morgan fingerprint density at radius 3 is 2.59 bits per heavy atom. The largest absolute Gasteiger partial charge is 0.482 e. The van der Waals surface area contributed by atoms with Gasteiger partial charge in [-0.05, 0) is 44.2 Å². The quantitative estimate of drug-likeness (QED) is 0.785. The Kier molecular flexibility index (Phi) is 6.39. The lowest BCUT2D eigenvalue weighted by molar-refractivity contribution is -0.131. The summed E-state index contributed by atoms with van der Waals surface area (Å²) < 4.78 is 5.47. The molecule has 1 aliphatic heterocycles. The molecule has 0 radical (unpaired) electrons. The lowest BCUT2D eigenvalue weighted by atomic mass is 10.1. The predicted octanol–water partition coefficient (Wildman–Crippen LogP) is 3.19. The van der Waals surface area contributed by atoms with E-state index in [4.69, 9.17) is 16.3 Å². The van der Waals surface area contributed by atoms with Gasteiger partial charge < -0.3 is 15.0 Å². The highest BCUT2D eigenvalue weighted by Gasteiger charge is 2.29. The average Bonchev–Trinajstić information content (AvgIpc) is 2.71. The molecule has 1 heterocycles. The molecule has 0 unspecified atom stereocenters. The number of benzene rings is 2. The van der Waals surface area contributed by atoms with E-state index < -0.39 is 0 Å². The first-order chi connectivity index (χ1) is 13.9. The molecule has 0 aromatic heterocycles. The van der Waals surface area contributed by atoms with Gasteiger partial charge in [-0.25, -0.2) is 0 Å². The number of amides is 3. The molecule has 0 atom stereocenters. The second kappa shape index (κ2) is 8.96. The molecule has 1 aliphatic rings. The molecule has 2 aromatic carbocycles. The minimum atomic E-state index is -0.371. The summed E-state index contributed by atoms with van der Waals surface area (Å²) in [6.07, 6.45) is 0. The molecule has 0 saturated carbocycles. The van der Waals surface area contributed by atoms with Crippen LogP contribution < -0.4 is 15.0 Å². The van der Waals surface area contributed by atoms with Crippen molar-refractivity contribution in [3.05, 3.63) is 53.1 Å². The Balaban J connectivity index is 1.85. The van der Waals surface area contributed by atoms with Gasteiger partial charge in [0, 0.05) is 18.8 Å². The van der Waals surface area contributed by atoms with Crippen molar-refractivity contribution in [2.24, 2.45) is 0 Å². The van der Waals surface area contributed by atoms with Crippen LogP contribution in [0.25, 0.3) is 0 Å². The molecule has 29 heavy (non-hydrogen) atoms. The van der Waals surface area contributed by atoms with Gasteiger partial charge in [-0.3, -0.25) is 19.3 Å². The fraction of sp³-hybridized carbons (Fsp3) is 0.286. The standard InChI is InChI=1S/C21H22ClN3O4/c1-3-24(4-2)19(26)12-25-17-11-14(9-10-18(17)29-13-20(25)27)23-21(28)15-7-5-6-8-16(15)22/h5-11H,3-4,12-13H2,1-2H3,(H,23,28). The van der Waals surface area contributed by atoms with E-state index >= 15 is 0 Å². The smallest absolute Gasteiger partial charge is 0.265 e. The molecule has 8 heteroatoms. The van der Waals surface area contributed by atoms with Crippen molar-refractivity contribution in [1.82, 2.24) is 4.90 Å². The molecular weight excluding hydrogens is 394 g/mol. The highest BCUT2D eigenvalue weighted by Crippen LogP contribution is 2.35. The molecule has 3 rings (SSSR count). The van der Waals surface area contributed by atoms with E-state index in [9.17, 15) is 14.4 Å². The van der Waals surface area contributed by atoms with E-state index in [1.807, 2.05) is 13.8 Å². The van der Waals surface area contributed by atoms with Crippen LogP contribution in [-0.2, 0) is 9.59 Å². The molecule has 7 nitrogen and oxygen atoms in total. The fourth-order valence-corrected chi connectivity index (χ4v) is 3.33. The third-order valence-corrected chi connectivity index (χ3v) is 5.02. The van der Waals surface area contributed by atoms with Crippen LogP contribution in [0.1, 0.15) is 24.2 Å². The van der Waals surface area contributed by atoms with Crippen LogP contribution in [0.15, 0.2) is 42.5 Å². The summed E-state index contributed by atoms with van der Waals surface area (Å²) in [5.41, 5.74) is 1.25. The van der Waals surface area contributed by atoms with Crippen molar-refractivity contribution in [1.29, 1.82) is 0 Å². The molecule has 1 N–H and O–H groups in total. The van der Waals surface area contributed by atoms with Crippen LogP contribution in [0.2, 0.25) is 5.02 Å². The first kappa shape index (κ1) is 20.7. The zero-order chi connectivity index (χ0) is 21.0. The van der Waals surface area contributed by atoms with Crippen molar-refractivity contribution < 1.29 is 19.1 Å². The first-order valence-corrected chi connectivity index (χ1v) is 9.73. The number of fused-ring (bicyclic) bond motifs is 1. The summed E-state index contributed by atoms with van der Waals surface area (Å²) in [4.78, 5) is 40.5. The number of nitrogens with one attached hydrogen (secondary N) is 1. The SMILES string of the molecule is CCN(CC)C(=O)CN1C(=O)COc2ccc(NC(=O)c3ccccc3Cl)cc21. The van der Waals surface area contributed by atoms with Crippen LogP contribution in [-0.4, -0.2) is 48.9 Å². The van der Waals surface area contributed by atoms with Crippen LogP contribution in [0.4, 0.5) is 11.4 Å². The van der Waals surface area contributed by atoms with Gasteiger partial charge in [0.2, 0.25) is 5.91 Å². The van der Waals surface area contributed by atoms with Gasteiger partial charge in [-0.1, -0.05) is 23.7 Å². The number of likely N-dealkylation sites (N-methyl/N-ethyl adjacent to an activating group) is 1. The zero-order valence-corrected chi connectivity index (χ0v) is 17.0. The zero-order valence-electron chi connectivity index (χ0n) is 16.3. The van der Waals surface area contributed by atoms with E-state index in [0.717, 1.165) is 0 Å². The summed E-state index contributed by atoms with van der Waals surface area (Å²) in [5.74, 6) is -0.355. The average molecular weight is 416 g/mol. The Morgan fingerprint density at radius 1 is 1.17 bits per heavy atom. The van der Waals surface area contributed by atoms with E-state index in [0.29, 0.717) is 40.8 Å². The van der Waals surface area contributed by atoms with Crippen molar-refractivity contribution in [2.75, 3.05) is 36.5 Å². The number of hydrogen-bond acceptors (Lipinski definition) is 4. The third-order valence-electron chi connectivity index (χ3n) is 4.69. The van der Waals surface area contributed by atoms with Gasteiger partial charge in [0.1, 0.15) is 12.3 Å². The molecule has 0 aliphatic carbocycles. The van der Waals surface area contributed by atoms with Gasteiger partial charge in [0.05, 0.1) is 16.3 Å².